The fourth-order valence-corrected chi connectivity index (χ4v) is 2.82. The van der Waals surface area contributed by atoms with Gasteiger partial charge < -0.3 is 10.6 Å². The standard InChI is InChI=1S/C17H27N3O/c1-5-12-7-6-8-20(11-12)16(21)13-9-14(17(2,3)4)19-15(18)10-13/h9-10,12H,5-8,11H2,1-4H3,(H2,18,19). The topological polar surface area (TPSA) is 59.2 Å². The van der Waals surface area contributed by atoms with Crippen molar-refractivity contribution in [3.8, 4) is 0 Å². The van der Waals surface area contributed by atoms with Crippen LogP contribution in [0, 0.1) is 5.92 Å². The number of aromatic nitrogens is 1. The Hall–Kier alpha value is -1.58. The van der Waals surface area contributed by atoms with Crippen LogP contribution in [0.3, 0.4) is 0 Å². The Morgan fingerprint density at radius 3 is 2.76 bits per heavy atom. The maximum absolute atomic E-state index is 12.7. The summed E-state index contributed by atoms with van der Waals surface area (Å²) in [6.07, 6.45) is 3.46. The highest BCUT2D eigenvalue weighted by atomic mass is 16.2. The second-order valence-electron chi connectivity index (χ2n) is 7.08. The second kappa shape index (κ2) is 6.04. The van der Waals surface area contributed by atoms with Gasteiger partial charge in [-0.1, -0.05) is 34.1 Å². The van der Waals surface area contributed by atoms with Gasteiger partial charge in [-0.05, 0) is 30.9 Å². The van der Waals surface area contributed by atoms with Crippen molar-refractivity contribution in [2.24, 2.45) is 5.92 Å². The molecule has 0 radical (unpaired) electrons. The van der Waals surface area contributed by atoms with Crippen molar-refractivity contribution in [1.29, 1.82) is 0 Å². The van der Waals surface area contributed by atoms with E-state index in [0.29, 0.717) is 17.3 Å². The van der Waals surface area contributed by atoms with Crippen LogP contribution in [0.1, 0.15) is 63.0 Å². The summed E-state index contributed by atoms with van der Waals surface area (Å²) in [5.41, 5.74) is 7.32. The molecule has 1 atom stereocenters. The molecule has 1 amide bonds. The predicted octanol–water partition coefficient (Wildman–Crippen LogP) is 3.22. The molecule has 1 unspecified atom stereocenters. The lowest BCUT2D eigenvalue weighted by Gasteiger charge is -2.32. The molecule has 0 saturated carbocycles. The van der Waals surface area contributed by atoms with Crippen molar-refractivity contribution in [3.63, 3.8) is 0 Å². The van der Waals surface area contributed by atoms with Crippen LogP contribution in [0.2, 0.25) is 0 Å². The van der Waals surface area contributed by atoms with E-state index in [2.05, 4.69) is 32.7 Å². The number of carbonyl (C=O) groups is 1. The zero-order valence-electron chi connectivity index (χ0n) is 13.6. The molecule has 2 heterocycles. The number of hydrogen-bond acceptors (Lipinski definition) is 3. The summed E-state index contributed by atoms with van der Waals surface area (Å²) in [7, 11) is 0. The van der Waals surface area contributed by atoms with Gasteiger partial charge in [-0.2, -0.15) is 0 Å². The quantitative estimate of drug-likeness (QED) is 0.909. The van der Waals surface area contributed by atoms with Crippen molar-refractivity contribution in [3.05, 3.63) is 23.4 Å². The number of nitrogen functional groups attached to an aromatic ring is 1. The third-order valence-corrected chi connectivity index (χ3v) is 4.24. The maximum atomic E-state index is 12.7. The van der Waals surface area contributed by atoms with Crippen molar-refractivity contribution in [2.75, 3.05) is 18.8 Å². The zero-order chi connectivity index (χ0) is 15.6. The first-order chi connectivity index (χ1) is 9.81. The molecule has 21 heavy (non-hydrogen) atoms. The van der Waals surface area contributed by atoms with E-state index in [9.17, 15) is 4.79 Å². The van der Waals surface area contributed by atoms with Gasteiger partial charge in [0.1, 0.15) is 5.82 Å². The van der Waals surface area contributed by atoms with E-state index in [1.54, 1.807) is 6.07 Å². The molecule has 4 nitrogen and oxygen atoms in total. The van der Waals surface area contributed by atoms with Gasteiger partial charge in [0.25, 0.3) is 5.91 Å². The van der Waals surface area contributed by atoms with E-state index in [1.165, 1.54) is 6.42 Å². The first kappa shape index (κ1) is 15.8. The summed E-state index contributed by atoms with van der Waals surface area (Å²) < 4.78 is 0. The second-order valence-corrected chi connectivity index (χ2v) is 7.08. The minimum absolute atomic E-state index is 0.0905. The molecule has 0 bridgehead atoms. The van der Waals surface area contributed by atoms with Gasteiger partial charge in [0.2, 0.25) is 0 Å². The zero-order valence-corrected chi connectivity index (χ0v) is 13.6. The number of carbonyl (C=O) groups excluding carboxylic acids is 1. The number of piperidine rings is 1. The van der Waals surface area contributed by atoms with Crippen LogP contribution in [-0.4, -0.2) is 28.9 Å². The van der Waals surface area contributed by atoms with E-state index < -0.39 is 0 Å². The molecule has 0 aromatic carbocycles. The third-order valence-electron chi connectivity index (χ3n) is 4.24. The van der Waals surface area contributed by atoms with Crippen LogP contribution in [0.15, 0.2) is 12.1 Å². The molecule has 4 heteroatoms. The van der Waals surface area contributed by atoms with Crippen molar-refractivity contribution in [2.45, 2.75) is 52.4 Å². The number of amides is 1. The van der Waals surface area contributed by atoms with Gasteiger partial charge in [0.05, 0.1) is 0 Å². The maximum Gasteiger partial charge on any atom is 0.254 e. The van der Waals surface area contributed by atoms with E-state index in [1.807, 2.05) is 11.0 Å². The Morgan fingerprint density at radius 2 is 2.14 bits per heavy atom. The Kier molecular flexibility index (Phi) is 4.55. The fourth-order valence-electron chi connectivity index (χ4n) is 2.82. The Labute approximate surface area is 127 Å². The van der Waals surface area contributed by atoms with Gasteiger partial charge in [-0.15, -0.1) is 0 Å². The molecule has 1 aromatic heterocycles. The summed E-state index contributed by atoms with van der Waals surface area (Å²) in [6, 6.07) is 3.60. The fraction of sp³-hybridized carbons (Fsp3) is 0.647. The molecule has 2 N–H and O–H groups in total. The summed E-state index contributed by atoms with van der Waals surface area (Å²) in [6.45, 7) is 10.1. The Bertz CT molecular complexity index is 519. The Morgan fingerprint density at radius 1 is 1.43 bits per heavy atom. The van der Waals surface area contributed by atoms with Crippen molar-refractivity contribution in [1.82, 2.24) is 9.88 Å². The minimum atomic E-state index is -0.113. The van der Waals surface area contributed by atoms with Crippen molar-refractivity contribution < 1.29 is 4.79 Å². The van der Waals surface area contributed by atoms with Crippen LogP contribution in [-0.2, 0) is 5.41 Å². The molecule has 116 valence electrons. The number of hydrogen-bond donors (Lipinski definition) is 1. The summed E-state index contributed by atoms with van der Waals surface area (Å²) >= 11 is 0. The first-order valence-corrected chi connectivity index (χ1v) is 7.88. The lowest BCUT2D eigenvalue weighted by Crippen LogP contribution is -2.40. The van der Waals surface area contributed by atoms with Crippen LogP contribution in [0.4, 0.5) is 5.82 Å². The van der Waals surface area contributed by atoms with Crippen LogP contribution in [0.5, 0.6) is 0 Å². The van der Waals surface area contributed by atoms with Gasteiger partial charge in [-0.3, -0.25) is 4.79 Å². The van der Waals surface area contributed by atoms with E-state index >= 15 is 0 Å². The molecule has 1 aromatic rings. The molecule has 1 fully saturated rings. The average molecular weight is 289 g/mol. The number of anilines is 1. The van der Waals surface area contributed by atoms with Crippen LogP contribution in [0.25, 0.3) is 0 Å². The third kappa shape index (κ3) is 3.74. The molecular formula is C17H27N3O. The highest BCUT2D eigenvalue weighted by Gasteiger charge is 2.25. The van der Waals surface area contributed by atoms with Crippen LogP contribution < -0.4 is 5.73 Å². The van der Waals surface area contributed by atoms with Crippen LogP contribution >= 0.6 is 0 Å². The molecule has 2 rings (SSSR count). The van der Waals surface area contributed by atoms with Crippen molar-refractivity contribution >= 4 is 11.7 Å². The minimum Gasteiger partial charge on any atom is -0.384 e. The number of nitrogens with two attached hydrogens (primary N) is 1. The highest BCUT2D eigenvalue weighted by Crippen LogP contribution is 2.25. The lowest BCUT2D eigenvalue weighted by atomic mass is 9.90. The van der Waals surface area contributed by atoms with E-state index in [-0.39, 0.29) is 11.3 Å². The van der Waals surface area contributed by atoms with E-state index in [0.717, 1.165) is 31.6 Å². The van der Waals surface area contributed by atoms with Gasteiger partial charge >= 0.3 is 0 Å². The molecule has 0 spiro atoms. The van der Waals surface area contributed by atoms with Gasteiger partial charge in [0, 0.05) is 29.8 Å². The highest BCUT2D eigenvalue weighted by molar-refractivity contribution is 5.95. The van der Waals surface area contributed by atoms with E-state index in [4.69, 9.17) is 5.73 Å². The smallest absolute Gasteiger partial charge is 0.254 e. The number of nitrogens with zero attached hydrogens (tertiary/aromatic N) is 2. The molecule has 0 aliphatic carbocycles. The monoisotopic (exact) mass is 289 g/mol. The number of pyridine rings is 1. The lowest BCUT2D eigenvalue weighted by molar-refractivity contribution is 0.0671. The normalized spacial score (nSPS) is 19.6. The van der Waals surface area contributed by atoms with Gasteiger partial charge in [0.15, 0.2) is 0 Å². The SMILES string of the molecule is CCC1CCCN(C(=O)c2cc(N)nc(C(C)(C)C)c2)C1. The summed E-state index contributed by atoms with van der Waals surface area (Å²) in [5.74, 6) is 1.14. The number of rotatable bonds is 2. The molecule has 1 aliphatic rings. The molecular weight excluding hydrogens is 262 g/mol. The summed E-state index contributed by atoms with van der Waals surface area (Å²) in [5, 5.41) is 0. The Balaban J connectivity index is 2.25. The first-order valence-electron chi connectivity index (χ1n) is 7.88. The summed E-state index contributed by atoms with van der Waals surface area (Å²) in [4.78, 5) is 19.1. The number of likely N-dealkylation sites (tertiary alicyclic amines) is 1. The average Bonchev–Trinajstić information content (AvgIpc) is 2.45. The molecule has 1 aliphatic heterocycles. The predicted molar refractivity (Wildman–Crippen MR) is 86.3 cm³/mol. The molecule has 1 saturated heterocycles. The largest absolute Gasteiger partial charge is 0.384 e. The van der Waals surface area contributed by atoms with Gasteiger partial charge in [-0.25, -0.2) is 4.98 Å².